The lowest BCUT2D eigenvalue weighted by Crippen LogP contribution is -2.51. The zero-order chi connectivity index (χ0) is 19.1. The van der Waals surface area contributed by atoms with Crippen molar-refractivity contribution in [2.75, 3.05) is 39.3 Å². The van der Waals surface area contributed by atoms with Crippen LogP contribution in [0, 0.1) is 0 Å². The van der Waals surface area contributed by atoms with Crippen molar-refractivity contribution < 1.29 is 14.4 Å². The van der Waals surface area contributed by atoms with Gasteiger partial charge in [-0.05, 0) is 31.4 Å². The van der Waals surface area contributed by atoms with Crippen molar-refractivity contribution in [3.8, 4) is 0 Å². The summed E-state index contributed by atoms with van der Waals surface area (Å²) >= 11 is 0. The van der Waals surface area contributed by atoms with Crippen LogP contribution in [0.2, 0.25) is 0 Å². The number of benzene rings is 1. The Labute approximate surface area is 160 Å². The maximum atomic E-state index is 12.3. The van der Waals surface area contributed by atoms with Gasteiger partial charge in [0.15, 0.2) is 0 Å². The molecule has 3 amide bonds. The van der Waals surface area contributed by atoms with Crippen LogP contribution in [0.25, 0.3) is 0 Å². The summed E-state index contributed by atoms with van der Waals surface area (Å²) in [5, 5.41) is 5.84. The van der Waals surface area contributed by atoms with Gasteiger partial charge >= 0.3 is 0 Å². The van der Waals surface area contributed by atoms with E-state index in [0.717, 1.165) is 25.9 Å². The smallest absolute Gasteiger partial charge is 0.251 e. The zero-order valence-electron chi connectivity index (χ0n) is 15.7. The van der Waals surface area contributed by atoms with Crippen LogP contribution in [0.5, 0.6) is 0 Å². The van der Waals surface area contributed by atoms with Crippen LogP contribution < -0.4 is 10.6 Å². The molecule has 0 aromatic heterocycles. The number of rotatable bonds is 8. The van der Waals surface area contributed by atoms with Gasteiger partial charge in [-0.2, -0.15) is 0 Å². The molecule has 1 aromatic carbocycles. The SMILES string of the molecule is O=C(CN1CCN(C(=O)CCCNC(=O)c2ccccc2)CC1)NC1CC1. The molecule has 1 aliphatic carbocycles. The molecule has 0 spiro atoms. The molecule has 0 bridgehead atoms. The second kappa shape index (κ2) is 9.50. The van der Waals surface area contributed by atoms with Crippen LogP contribution in [0.4, 0.5) is 0 Å². The predicted molar refractivity (Wildman–Crippen MR) is 102 cm³/mol. The number of hydrogen-bond donors (Lipinski definition) is 2. The molecule has 1 saturated heterocycles. The Morgan fingerprint density at radius 1 is 1.00 bits per heavy atom. The molecule has 2 aliphatic rings. The Hall–Kier alpha value is -2.41. The molecule has 1 heterocycles. The summed E-state index contributed by atoms with van der Waals surface area (Å²) in [6.07, 6.45) is 3.25. The molecule has 0 radical (unpaired) electrons. The van der Waals surface area contributed by atoms with Gasteiger partial charge in [0.2, 0.25) is 11.8 Å². The predicted octanol–water partition coefficient (Wildman–Crippen LogP) is 0.619. The number of nitrogens with one attached hydrogen (secondary N) is 2. The second-order valence-corrected chi connectivity index (χ2v) is 7.22. The first-order valence-electron chi connectivity index (χ1n) is 9.74. The fourth-order valence-corrected chi connectivity index (χ4v) is 3.15. The average Bonchev–Trinajstić information content (AvgIpc) is 3.50. The van der Waals surface area contributed by atoms with E-state index in [9.17, 15) is 14.4 Å². The molecular weight excluding hydrogens is 344 g/mol. The number of piperazine rings is 1. The first-order valence-corrected chi connectivity index (χ1v) is 9.74. The Kier molecular flexibility index (Phi) is 6.81. The van der Waals surface area contributed by atoms with Gasteiger partial charge in [-0.15, -0.1) is 0 Å². The van der Waals surface area contributed by atoms with Crippen LogP contribution in [-0.4, -0.2) is 72.8 Å². The van der Waals surface area contributed by atoms with E-state index in [1.807, 2.05) is 23.1 Å². The van der Waals surface area contributed by atoms with Crippen LogP contribution in [0.3, 0.4) is 0 Å². The Morgan fingerprint density at radius 3 is 2.37 bits per heavy atom. The minimum Gasteiger partial charge on any atom is -0.352 e. The Balaban J connectivity index is 1.28. The number of amides is 3. The van der Waals surface area contributed by atoms with Gasteiger partial charge in [0.25, 0.3) is 5.91 Å². The van der Waals surface area contributed by atoms with E-state index in [0.29, 0.717) is 50.6 Å². The molecule has 146 valence electrons. The monoisotopic (exact) mass is 372 g/mol. The highest BCUT2D eigenvalue weighted by Gasteiger charge is 2.26. The molecule has 3 rings (SSSR count). The third-order valence-corrected chi connectivity index (χ3v) is 4.92. The molecule has 0 atom stereocenters. The molecule has 27 heavy (non-hydrogen) atoms. The largest absolute Gasteiger partial charge is 0.352 e. The third-order valence-electron chi connectivity index (χ3n) is 4.92. The van der Waals surface area contributed by atoms with Crippen molar-refractivity contribution in [1.82, 2.24) is 20.4 Å². The highest BCUT2D eigenvalue weighted by atomic mass is 16.2. The maximum Gasteiger partial charge on any atom is 0.251 e. The van der Waals surface area contributed by atoms with Gasteiger partial charge in [0, 0.05) is 50.7 Å². The lowest BCUT2D eigenvalue weighted by atomic mass is 10.2. The first-order chi connectivity index (χ1) is 13.1. The highest BCUT2D eigenvalue weighted by Crippen LogP contribution is 2.18. The molecule has 2 N–H and O–H groups in total. The summed E-state index contributed by atoms with van der Waals surface area (Å²) in [6, 6.07) is 9.45. The minimum absolute atomic E-state index is 0.0893. The summed E-state index contributed by atoms with van der Waals surface area (Å²) < 4.78 is 0. The lowest BCUT2D eigenvalue weighted by Gasteiger charge is -2.34. The minimum atomic E-state index is -0.110. The van der Waals surface area contributed by atoms with Crippen LogP contribution in [0.15, 0.2) is 30.3 Å². The number of carbonyl (C=O) groups excluding carboxylic acids is 3. The van der Waals surface area contributed by atoms with Crippen molar-refractivity contribution >= 4 is 17.7 Å². The summed E-state index contributed by atoms with van der Waals surface area (Å²) in [5.74, 6) is 0.0959. The van der Waals surface area contributed by atoms with E-state index in [1.54, 1.807) is 12.1 Å². The van der Waals surface area contributed by atoms with E-state index in [2.05, 4.69) is 15.5 Å². The molecule has 7 heteroatoms. The van der Waals surface area contributed by atoms with Crippen LogP contribution in [0.1, 0.15) is 36.0 Å². The molecule has 1 aliphatic heterocycles. The summed E-state index contributed by atoms with van der Waals surface area (Å²) in [4.78, 5) is 40.0. The van der Waals surface area contributed by atoms with Gasteiger partial charge in [-0.1, -0.05) is 18.2 Å². The van der Waals surface area contributed by atoms with Crippen molar-refractivity contribution in [1.29, 1.82) is 0 Å². The zero-order valence-corrected chi connectivity index (χ0v) is 15.7. The Morgan fingerprint density at radius 2 is 1.70 bits per heavy atom. The molecule has 1 saturated carbocycles. The third kappa shape index (κ3) is 6.36. The Bertz CT molecular complexity index is 652. The fraction of sp³-hybridized carbons (Fsp3) is 0.550. The number of nitrogens with zero attached hydrogens (tertiary/aromatic N) is 2. The van der Waals surface area contributed by atoms with Crippen molar-refractivity contribution in [2.24, 2.45) is 0 Å². The number of carbonyl (C=O) groups is 3. The lowest BCUT2D eigenvalue weighted by molar-refractivity contribution is -0.133. The van der Waals surface area contributed by atoms with E-state index in [1.165, 1.54) is 0 Å². The normalized spacial score (nSPS) is 17.4. The molecule has 2 fully saturated rings. The fourth-order valence-electron chi connectivity index (χ4n) is 3.15. The second-order valence-electron chi connectivity index (χ2n) is 7.22. The standard InChI is InChI=1S/C20H28N4O3/c25-18(22-17-8-9-17)15-23-11-13-24(14-12-23)19(26)7-4-10-21-20(27)16-5-2-1-3-6-16/h1-3,5-6,17H,4,7-15H2,(H,21,27)(H,22,25). The van der Waals surface area contributed by atoms with Gasteiger partial charge in [-0.25, -0.2) is 0 Å². The van der Waals surface area contributed by atoms with Crippen molar-refractivity contribution in [3.05, 3.63) is 35.9 Å². The maximum absolute atomic E-state index is 12.3. The van der Waals surface area contributed by atoms with Gasteiger partial charge < -0.3 is 15.5 Å². The van der Waals surface area contributed by atoms with Crippen molar-refractivity contribution in [2.45, 2.75) is 31.7 Å². The van der Waals surface area contributed by atoms with Crippen LogP contribution >= 0.6 is 0 Å². The highest BCUT2D eigenvalue weighted by molar-refractivity contribution is 5.94. The number of hydrogen-bond acceptors (Lipinski definition) is 4. The molecule has 1 aromatic rings. The average molecular weight is 372 g/mol. The van der Waals surface area contributed by atoms with E-state index < -0.39 is 0 Å². The summed E-state index contributed by atoms with van der Waals surface area (Å²) in [7, 11) is 0. The van der Waals surface area contributed by atoms with Crippen LogP contribution in [-0.2, 0) is 9.59 Å². The molecule has 7 nitrogen and oxygen atoms in total. The summed E-state index contributed by atoms with van der Waals surface area (Å²) in [5.41, 5.74) is 0.630. The molecule has 0 unspecified atom stereocenters. The van der Waals surface area contributed by atoms with Gasteiger partial charge in [0.05, 0.1) is 6.54 Å². The molecular formula is C20H28N4O3. The van der Waals surface area contributed by atoms with E-state index >= 15 is 0 Å². The first kappa shape index (κ1) is 19.4. The van der Waals surface area contributed by atoms with Gasteiger partial charge in [-0.3, -0.25) is 19.3 Å². The quantitative estimate of drug-likeness (QED) is 0.656. The topological polar surface area (TPSA) is 81.8 Å². The van der Waals surface area contributed by atoms with E-state index in [4.69, 9.17) is 0 Å². The van der Waals surface area contributed by atoms with Gasteiger partial charge in [0.1, 0.15) is 0 Å². The van der Waals surface area contributed by atoms with E-state index in [-0.39, 0.29) is 17.7 Å². The summed E-state index contributed by atoms with van der Waals surface area (Å²) in [6.45, 7) is 3.69. The van der Waals surface area contributed by atoms with Crippen molar-refractivity contribution in [3.63, 3.8) is 0 Å².